The Morgan fingerprint density at radius 2 is 1.60 bits per heavy atom. The molecule has 0 heterocycles. The molecule has 0 aliphatic carbocycles. The van der Waals surface area contributed by atoms with Crippen molar-refractivity contribution in [2.24, 2.45) is 0 Å². The molecule has 1 N–H and O–H groups in total. The van der Waals surface area contributed by atoms with Gasteiger partial charge in [-0.25, -0.2) is 9.18 Å². The van der Waals surface area contributed by atoms with Crippen LogP contribution in [0.2, 0.25) is 0 Å². The lowest BCUT2D eigenvalue weighted by Crippen LogP contribution is -1.95. The van der Waals surface area contributed by atoms with E-state index in [2.05, 4.69) is 6.07 Å². The van der Waals surface area contributed by atoms with Crippen LogP contribution in [0.4, 0.5) is 4.39 Å². The maximum absolute atomic E-state index is 12.8. The van der Waals surface area contributed by atoms with E-state index in [1.165, 1.54) is 24.3 Å². The average molecular weight is 267 g/mol. The molecule has 0 saturated carbocycles. The van der Waals surface area contributed by atoms with E-state index >= 15 is 0 Å². The fourth-order valence-electron chi connectivity index (χ4n) is 1.70. The lowest BCUT2D eigenvalue weighted by Gasteiger charge is -2.01. The summed E-state index contributed by atoms with van der Waals surface area (Å²) >= 11 is 0. The topological polar surface area (TPSA) is 61.1 Å². The van der Waals surface area contributed by atoms with Crippen LogP contribution in [-0.4, -0.2) is 11.1 Å². The third kappa shape index (κ3) is 3.09. The molecule has 0 amide bonds. The summed E-state index contributed by atoms with van der Waals surface area (Å²) in [5, 5.41) is 18.0. The SMILES string of the molecule is N#C/C(=C/c1ccc(F)cc1)c1ccc(C(=O)O)cc1. The van der Waals surface area contributed by atoms with Crippen LogP contribution in [0.3, 0.4) is 0 Å². The number of aromatic carboxylic acids is 1. The Balaban J connectivity index is 2.35. The van der Waals surface area contributed by atoms with Crippen molar-refractivity contribution in [3.05, 3.63) is 71.0 Å². The van der Waals surface area contributed by atoms with Gasteiger partial charge in [-0.1, -0.05) is 24.3 Å². The Labute approximate surface area is 115 Å². The second-order valence-corrected chi connectivity index (χ2v) is 4.10. The highest BCUT2D eigenvalue weighted by atomic mass is 19.1. The maximum atomic E-state index is 12.8. The highest BCUT2D eigenvalue weighted by molar-refractivity contribution is 5.92. The molecule has 0 bridgehead atoms. The molecule has 0 aliphatic heterocycles. The van der Waals surface area contributed by atoms with Crippen molar-refractivity contribution >= 4 is 17.6 Å². The summed E-state index contributed by atoms with van der Waals surface area (Å²) in [5.41, 5.74) is 1.86. The van der Waals surface area contributed by atoms with Crippen molar-refractivity contribution < 1.29 is 14.3 Å². The van der Waals surface area contributed by atoms with Gasteiger partial charge in [0.25, 0.3) is 0 Å². The molecule has 0 fully saturated rings. The Kier molecular flexibility index (Phi) is 3.92. The number of carbonyl (C=O) groups is 1. The van der Waals surface area contributed by atoms with Crippen LogP contribution in [0.15, 0.2) is 48.5 Å². The standard InChI is InChI=1S/C16H10FNO2/c17-15-7-1-11(2-8-15)9-14(10-18)12-3-5-13(6-4-12)16(19)20/h1-9H,(H,19,20)/b14-9-. The quantitative estimate of drug-likeness (QED) is 0.682. The van der Waals surface area contributed by atoms with Crippen LogP contribution in [0, 0.1) is 17.1 Å². The van der Waals surface area contributed by atoms with Gasteiger partial charge in [0, 0.05) is 0 Å². The Morgan fingerprint density at radius 3 is 2.10 bits per heavy atom. The van der Waals surface area contributed by atoms with E-state index in [4.69, 9.17) is 10.4 Å². The molecule has 0 unspecified atom stereocenters. The Bertz CT molecular complexity index is 695. The van der Waals surface area contributed by atoms with E-state index in [9.17, 15) is 9.18 Å². The second-order valence-electron chi connectivity index (χ2n) is 4.10. The predicted octanol–water partition coefficient (Wildman–Crippen LogP) is 3.59. The normalized spacial score (nSPS) is 10.9. The largest absolute Gasteiger partial charge is 0.478 e. The van der Waals surface area contributed by atoms with Crippen molar-refractivity contribution in [2.75, 3.05) is 0 Å². The second kappa shape index (κ2) is 5.81. The summed E-state index contributed by atoms with van der Waals surface area (Å²) in [4.78, 5) is 10.8. The minimum Gasteiger partial charge on any atom is -0.478 e. The van der Waals surface area contributed by atoms with Gasteiger partial charge in [0.15, 0.2) is 0 Å². The summed E-state index contributed by atoms with van der Waals surface area (Å²) < 4.78 is 12.8. The van der Waals surface area contributed by atoms with Crippen molar-refractivity contribution in [2.45, 2.75) is 0 Å². The van der Waals surface area contributed by atoms with Gasteiger partial charge >= 0.3 is 5.97 Å². The zero-order chi connectivity index (χ0) is 14.5. The first-order chi connectivity index (χ1) is 9.60. The first-order valence-corrected chi connectivity index (χ1v) is 5.81. The molecule has 0 spiro atoms. The highest BCUT2D eigenvalue weighted by Crippen LogP contribution is 2.18. The van der Waals surface area contributed by atoms with Gasteiger partial charge in [-0.15, -0.1) is 0 Å². The van der Waals surface area contributed by atoms with Gasteiger partial charge in [0.2, 0.25) is 0 Å². The Hall–Kier alpha value is -2.93. The zero-order valence-electron chi connectivity index (χ0n) is 10.4. The van der Waals surface area contributed by atoms with Crippen LogP contribution in [0.1, 0.15) is 21.5 Å². The first kappa shape index (κ1) is 13.5. The molecule has 2 aromatic carbocycles. The minimum absolute atomic E-state index is 0.160. The van der Waals surface area contributed by atoms with E-state index in [0.717, 1.165) is 0 Å². The molecule has 98 valence electrons. The molecule has 0 radical (unpaired) electrons. The van der Waals surface area contributed by atoms with Gasteiger partial charge < -0.3 is 5.11 Å². The number of hydrogen-bond donors (Lipinski definition) is 1. The number of allylic oxidation sites excluding steroid dienone is 1. The zero-order valence-corrected chi connectivity index (χ0v) is 10.4. The summed E-state index contributed by atoms with van der Waals surface area (Å²) in [6.07, 6.45) is 1.62. The van der Waals surface area contributed by atoms with Crippen LogP contribution in [0.5, 0.6) is 0 Å². The fraction of sp³-hybridized carbons (Fsp3) is 0. The van der Waals surface area contributed by atoms with Crippen molar-refractivity contribution in [1.82, 2.24) is 0 Å². The molecule has 20 heavy (non-hydrogen) atoms. The number of rotatable bonds is 3. The molecule has 0 saturated heterocycles. The summed E-state index contributed by atoms with van der Waals surface area (Å²) in [6, 6.07) is 13.8. The number of benzene rings is 2. The van der Waals surface area contributed by atoms with Crippen LogP contribution < -0.4 is 0 Å². The molecule has 3 nitrogen and oxygen atoms in total. The number of nitrogens with zero attached hydrogens (tertiary/aromatic N) is 1. The molecule has 0 aromatic heterocycles. The third-order valence-corrected chi connectivity index (χ3v) is 2.74. The van der Waals surface area contributed by atoms with Gasteiger partial charge in [-0.3, -0.25) is 0 Å². The predicted molar refractivity (Wildman–Crippen MR) is 73.3 cm³/mol. The molecule has 4 heteroatoms. The average Bonchev–Trinajstić information content (AvgIpc) is 2.47. The molecular weight excluding hydrogens is 257 g/mol. The first-order valence-electron chi connectivity index (χ1n) is 5.81. The van der Waals surface area contributed by atoms with Crippen LogP contribution in [-0.2, 0) is 0 Å². The van der Waals surface area contributed by atoms with Crippen molar-refractivity contribution in [3.63, 3.8) is 0 Å². The number of carboxylic acid groups (broad SMARTS) is 1. The van der Waals surface area contributed by atoms with Crippen LogP contribution >= 0.6 is 0 Å². The van der Waals surface area contributed by atoms with Gasteiger partial charge in [0.05, 0.1) is 17.2 Å². The minimum atomic E-state index is -1.02. The number of hydrogen-bond acceptors (Lipinski definition) is 2. The van der Waals surface area contributed by atoms with E-state index in [0.29, 0.717) is 16.7 Å². The monoisotopic (exact) mass is 267 g/mol. The van der Waals surface area contributed by atoms with Gasteiger partial charge in [-0.05, 0) is 41.5 Å². The van der Waals surface area contributed by atoms with Crippen LogP contribution in [0.25, 0.3) is 11.6 Å². The van der Waals surface area contributed by atoms with Crippen molar-refractivity contribution in [1.29, 1.82) is 5.26 Å². The highest BCUT2D eigenvalue weighted by Gasteiger charge is 2.05. The summed E-state index contributed by atoms with van der Waals surface area (Å²) in [7, 11) is 0. The fourth-order valence-corrected chi connectivity index (χ4v) is 1.70. The molecule has 2 aromatic rings. The Morgan fingerprint density at radius 1 is 1.05 bits per heavy atom. The third-order valence-electron chi connectivity index (χ3n) is 2.74. The molecule has 0 aliphatic rings. The number of nitriles is 1. The van der Waals surface area contributed by atoms with E-state index < -0.39 is 5.97 Å². The summed E-state index contributed by atoms with van der Waals surface area (Å²) in [6.45, 7) is 0. The molecule has 2 rings (SSSR count). The van der Waals surface area contributed by atoms with E-state index in [1.54, 1.807) is 30.3 Å². The molecular formula is C16H10FNO2. The lowest BCUT2D eigenvalue weighted by atomic mass is 10.0. The smallest absolute Gasteiger partial charge is 0.335 e. The van der Waals surface area contributed by atoms with E-state index in [-0.39, 0.29) is 11.4 Å². The van der Waals surface area contributed by atoms with Gasteiger partial charge in [-0.2, -0.15) is 5.26 Å². The lowest BCUT2D eigenvalue weighted by molar-refractivity contribution is 0.0697. The van der Waals surface area contributed by atoms with Crippen molar-refractivity contribution in [3.8, 4) is 6.07 Å². The van der Waals surface area contributed by atoms with E-state index in [1.807, 2.05) is 0 Å². The number of carboxylic acids is 1. The number of halogens is 1. The van der Waals surface area contributed by atoms with Gasteiger partial charge in [0.1, 0.15) is 5.82 Å². The molecule has 0 atom stereocenters. The summed E-state index contributed by atoms with van der Waals surface area (Å²) in [5.74, 6) is -1.36. The maximum Gasteiger partial charge on any atom is 0.335 e.